The summed E-state index contributed by atoms with van der Waals surface area (Å²) in [5.74, 6) is -14.7. The van der Waals surface area contributed by atoms with Crippen molar-refractivity contribution in [2.45, 2.75) is 40.8 Å². The second-order valence-corrected chi connectivity index (χ2v) is 9.23. The summed E-state index contributed by atoms with van der Waals surface area (Å²) in [7, 11) is 0. The molecule has 0 aromatic carbocycles. The van der Waals surface area contributed by atoms with Gasteiger partial charge in [0.15, 0.2) is 0 Å². The largest absolute Gasteiger partial charge is 0.465 e. The van der Waals surface area contributed by atoms with Crippen LogP contribution in [0.3, 0.4) is 0 Å². The lowest BCUT2D eigenvalue weighted by Gasteiger charge is -2.26. The minimum atomic E-state index is -4.51. The first kappa shape index (κ1) is 26.3. The predicted molar refractivity (Wildman–Crippen MR) is 96.5 cm³/mol. The molecule has 0 spiro atoms. The Kier molecular flexibility index (Phi) is 7.77. The normalized spacial score (nSPS) is 26.3. The van der Waals surface area contributed by atoms with E-state index in [-0.39, 0.29) is 0 Å². The number of hydrogen-bond donors (Lipinski definition) is 0. The molecule has 0 saturated heterocycles. The van der Waals surface area contributed by atoms with E-state index in [1.54, 1.807) is 44.0 Å². The average Bonchev–Trinajstić information content (AvgIpc) is 3.20. The quantitative estimate of drug-likeness (QED) is 0.144. The Hall–Kier alpha value is -0.920. The van der Waals surface area contributed by atoms with Crippen LogP contribution >= 0.6 is 31.9 Å². The molecule has 178 valence electrons. The first-order chi connectivity index (χ1) is 14.0. The summed E-state index contributed by atoms with van der Waals surface area (Å²) in [6.45, 7) is -2.11. The first-order valence-electron chi connectivity index (χ1n) is 8.88. The van der Waals surface area contributed by atoms with E-state index in [9.17, 15) is 44.7 Å². The van der Waals surface area contributed by atoms with Crippen molar-refractivity contribution in [1.82, 2.24) is 0 Å². The zero-order chi connectivity index (χ0) is 23.8. The van der Waals surface area contributed by atoms with Gasteiger partial charge in [0.05, 0.1) is 37.9 Å². The summed E-state index contributed by atoms with van der Waals surface area (Å²) in [5, 5.41) is 0. The number of esters is 2. The predicted octanol–water partition coefficient (Wildman–Crippen LogP) is 5.54. The minimum absolute atomic E-state index is 0.296. The van der Waals surface area contributed by atoms with Gasteiger partial charge in [-0.3, -0.25) is 9.59 Å². The number of allylic oxidation sites excluding steroid dienone is 2. The fraction of sp³-hybridized carbons (Fsp3) is 0.765. The van der Waals surface area contributed by atoms with Crippen molar-refractivity contribution in [1.29, 1.82) is 0 Å². The number of carbonyl (C=O) groups excluding carboxylic acids is 2. The Morgan fingerprint density at radius 3 is 1.35 bits per heavy atom. The molecule has 4 unspecified atom stereocenters. The average molecular weight is 596 g/mol. The summed E-state index contributed by atoms with van der Waals surface area (Å²) in [4.78, 5) is 15.6. The third-order valence-electron chi connectivity index (χ3n) is 5.15. The van der Waals surface area contributed by atoms with Crippen molar-refractivity contribution < 1.29 is 54.2 Å². The van der Waals surface area contributed by atoms with E-state index in [1.807, 2.05) is 0 Å². The summed E-state index contributed by atoms with van der Waals surface area (Å²) in [5.41, 5.74) is 0. The maximum absolute atomic E-state index is 13.2. The maximum Gasteiger partial charge on any atom is 0.363 e. The highest BCUT2D eigenvalue weighted by Crippen LogP contribution is 2.49. The number of alkyl halides is 10. The van der Waals surface area contributed by atoms with Gasteiger partial charge in [-0.05, 0) is 50.1 Å². The van der Waals surface area contributed by atoms with Crippen LogP contribution in [0.15, 0.2) is 12.2 Å². The van der Waals surface area contributed by atoms with E-state index < -0.39 is 83.2 Å². The van der Waals surface area contributed by atoms with Gasteiger partial charge in [-0.1, -0.05) is 12.2 Å². The second kappa shape index (κ2) is 9.14. The van der Waals surface area contributed by atoms with Crippen molar-refractivity contribution in [3.05, 3.63) is 12.2 Å². The molecule has 0 aliphatic heterocycles. The van der Waals surface area contributed by atoms with E-state index in [0.29, 0.717) is 6.42 Å². The molecular weight excluding hydrogens is 580 g/mol. The van der Waals surface area contributed by atoms with Gasteiger partial charge in [0.2, 0.25) is 0 Å². The van der Waals surface area contributed by atoms with Crippen molar-refractivity contribution in [3.63, 3.8) is 0 Å². The Morgan fingerprint density at radius 1 is 0.742 bits per heavy atom. The van der Waals surface area contributed by atoms with Gasteiger partial charge in [-0.15, -0.1) is 0 Å². The van der Waals surface area contributed by atoms with Gasteiger partial charge < -0.3 is 9.47 Å². The Balaban J connectivity index is 1.95. The van der Waals surface area contributed by atoms with E-state index >= 15 is 0 Å². The monoisotopic (exact) mass is 594 g/mol. The van der Waals surface area contributed by atoms with Crippen LogP contribution < -0.4 is 0 Å². The van der Waals surface area contributed by atoms with Crippen LogP contribution in [0.5, 0.6) is 0 Å². The number of hydrogen-bond acceptors (Lipinski definition) is 4. The second-order valence-electron chi connectivity index (χ2n) is 7.24. The Labute approximate surface area is 187 Å². The van der Waals surface area contributed by atoms with E-state index in [1.165, 1.54) is 0 Å². The fourth-order valence-electron chi connectivity index (χ4n) is 3.50. The minimum Gasteiger partial charge on any atom is -0.465 e. The summed E-state index contributed by atoms with van der Waals surface area (Å²) >= 11 is 3.08. The van der Waals surface area contributed by atoms with E-state index in [2.05, 4.69) is 9.47 Å². The van der Waals surface area contributed by atoms with Crippen molar-refractivity contribution in [2.75, 3.05) is 13.2 Å². The van der Waals surface area contributed by atoms with Crippen molar-refractivity contribution in [2.24, 2.45) is 23.7 Å². The molecule has 2 rings (SSSR count). The molecule has 2 aliphatic carbocycles. The molecule has 1 fully saturated rings. The molecule has 1 saturated carbocycles. The topological polar surface area (TPSA) is 52.6 Å². The van der Waals surface area contributed by atoms with Gasteiger partial charge >= 0.3 is 33.4 Å². The highest BCUT2D eigenvalue weighted by atomic mass is 79.9. The van der Waals surface area contributed by atoms with Crippen LogP contribution in [0.4, 0.5) is 35.1 Å². The van der Waals surface area contributed by atoms with E-state index in [0.717, 1.165) is 0 Å². The Morgan fingerprint density at radius 2 is 1.06 bits per heavy atom. The molecule has 0 N–H and O–H groups in total. The Bertz CT molecular complexity index is 662. The molecule has 0 aromatic heterocycles. The van der Waals surface area contributed by atoms with Gasteiger partial charge in [0.25, 0.3) is 0 Å². The number of rotatable bonds is 10. The SMILES string of the molecule is O=C(OCCC(F)(F)C(F)(F)Br)C1C2C=CC(C2)C1C(=O)OCCC(F)(F)C(F)(F)Br. The molecule has 2 aliphatic rings. The zero-order valence-electron chi connectivity index (χ0n) is 15.4. The number of fused-ring (bicyclic) bond motifs is 2. The molecule has 31 heavy (non-hydrogen) atoms. The molecule has 0 heterocycles. The third-order valence-corrected chi connectivity index (χ3v) is 6.31. The van der Waals surface area contributed by atoms with Gasteiger partial charge in [0, 0.05) is 0 Å². The lowest BCUT2D eigenvalue weighted by molar-refractivity contribution is -0.175. The molecule has 4 nitrogen and oxygen atoms in total. The van der Waals surface area contributed by atoms with Crippen LogP contribution in [-0.4, -0.2) is 46.7 Å². The van der Waals surface area contributed by atoms with Crippen molar-refractivity contribution in [3.8, 4) is 0 Å². The summed E-state index contributed by atoms with van der Waals surface area (Å²) < 4.78 is 113. The fourth-order valence-corrected chi connectivity index (χ4v) is 3.90. The lowest BCUT2D eigenvalue weighted by atomic mass is 9.83. The van der Waals surface area contributed by atoms with Gasteiger partial charge in [0.1, 0.15) is 0 Å². The van der Waals surface area contributed by atoms with Crippen LogP contribution in [0.25, 0.3) is 0 Å². The summed E-state index contributed by atoms with van der Waals surface area (Å²) in [6.07, 6.45) is 0.490. The maximum atomic E-state index is 13.2. The van der Waals surface area contributed by atoms with Crippen LogP contribution in [0.1, 0.15) is 19.3 Å². The molecule has 4 atom stereocenters. The molecule has 2 bridgehead atoms. The lowest BCUT2D eigenvalue weighted by Crippen LogP contribution is -2.39. The van der Waals surface area contributed by atoms with Crippen LogP contribution in [0, 0.1) is 23.7 Å². The summed E-state index contributed by atoms with van der Waals surface area (Å²) in [6, 6.07) is 0. The van der Waals surface area contributed by atoms with Crippen molar-refractivity contribution >= 4 is 43.8 Å². The molecule has 0 amide bonds. The molecule has 0 aromatic rings. The van der Waals surface area contributed by atoms with Gasteiger partial charge in [-0.25, -0.2) is 0 Å². The third kappa shape index (κ3) is 5.91. The zero-order valence-corrected chi connectivity index (χ0v) is 18.6. The van der Waals surface area contributed by atoms with Crippen LogP contribution in [0.2, 0.25) is 0 Å². The first-order valence-corrected chi connectivity index (χ1v) is 10.5. The highest BCUT2D eigenvalue weighted by Gasteiger charge is 2.56. The van der Waals surface area contributed by atoms with Crippen LogP contribution in [-0.2, 0) is 19.1 Å². The number of ether oxygens (including phenoxy) is 2. The standard InChI is InChI=1S/C17H16Br2F8O4/c18-16(24,25)14(20,21)3-5-30-12(28)10-8-1-2-9(7-8)11(10)13(29)31-6-4-15(22,23)17(19,26)27/h1-2,8-11H,3-7H2. The molecule has 14 heteroatoms. The number of carbonyl (C=O) groups is 2. The van der Waals surface area contributed by atoms with E-state index in [4.69, 9.17) is 0 Å². The molecule has 0 radical (unpaired) electrons. The smallest absolute Gasteiger partial charge is 0.363 e. The van der Waals surface area contributed by atoms with Gasteiger partial charge in [-0.2, -0.15) is 35.1 Å². The number of halogens is 10. The highest BCUT2D eigenvalue weighted by molar-refractivity contribution is 9.10. The molecular formula is C17H16Br2F8O4.